The number of hydrogen-bond donors (Lipinski definition) is 0. The molecule has 1 nitrogen and oxygen atoms in total. The van der Waals surface area contributed by atoms with Crippen molar-refractivity contribution in [1.82, 2.24) is 0 Å². The van der Waals surface area contributed by atoms with Gasteiger partial charge in [-0.25, -0.2) is 0 Å². The van der Waals surface area contributed by atoms with Crippen LogP contribution in [-0.2, 0) is 0 Å². The van der Waals surface area contributed by atoms with E-state index in [9.17, 15) is 0 Å². The van der Waals surface area contributed by atoms with Crippen LogP contribution >= 0.6 is 46.4 Å². The summed E-state index contributed by atoms with van der Waals surface area (Å²) in [6.07, 6.45) is 1.60. The predicted molar refractivity (Wildman–Crippen MR) is 80.2 cm³/mol. The Bertz CT molecular complexity index is 567. The van der Waals surface area contributed by atoms with Crippen LogP contribution in [0.3, 0.4) is 0 Å². The van der Waals surface area contributed by atoms with Crippen LogP contribution in [0.2, 0.25) is 20.1 Å². The van der Waals surface area contributed by atoms with Gasteiger partial charge in [-0.15, -0.1) is 0 Å². The zero-order valence-electron chi connectivity index (χ0n) is 9.00. The Balaban J connectivity index is 2.31. The molecule has 0 aliphatic carbocycles. The molecule has 0 heterocycles. The monoisotopic (exact) mass is 317 g/mol. The SMILES string of the molecule is Clc1ccc(/N=C/c2c(Cl)cc(Cl)cc2Cl)cc1. The van der Waals surface area contributed by atoms with E-state index in [-0.39, 0.29) is 0 Å². The van der Waals surface area contributed by atoms with Crippen LogP contribution in [0.15, 0.2) is 41.4 Å². The van der Waals surface area contributed by atoms with E-state index in [1.807, 2.05) is 0 Å². The summed E-state index contributed by atoms with van der Waals surface area (Å²) in [6, 6.07) is 10.4. The molecule has 0 aliphatic rings. The van der Waals surface area contributed by atoms with E-state index < -0.39 is 0 Å². The summed E-state index contributed by atoms with van der Waals surface area (Å²) in [5.74, 6) is 0. The summed E-state index contributed by atoms with van der Waals surface area (Å²) in [7, 11) is 0. The molecular formula is C13H7Cl4N. The second-order valence-electron chi connectivity index (χ2n) is 3.52. The molecular weight excluding hydrogens is 312 g/mol. The molecule has 92 valence electrons. The molecule has 0 fully saturated rings. The fraction of sp³-hybridized carbons (Fsp3) is 0. The molecule has 0 saturated heterocycles. The first kappa shape index (κ1) is 13.7. The molecule has 0 saturated carbocycles. The van der Waals surface area contributed by atoms with E-state index in [1.165, 1.54) is 0 Å². The molecule has 18 heavy (non-hydrogen) atoms. The number of benzene rings is 2. The van der Waals surface area contributed by atoms with Gasteiger partial charge in [0.1, 0.15) is 0 Å². The van der Waals surface area contributed by atoms with Crippen LogP contribution in [0, 0.1) is 0 Å². The van der Waals surface area contributed by atoms with Gasteiger partial charge < -0.3 is 0 Å². The topological polar surface area (TPSA) is 12.4 Å². The minimum absolute atomic E-state index is 0.463. The van der Waals surface area contributed by atoms with Gasteiger partial charge in [0.25, 0.3) is 0 Å². The Morgan fingerprint density at radius 2 is 1.33 bits per heavy atom. The summed E-state index contributed by atoms with van der Waals surface area (Å²) in [4.78, 5) is 4.27. The average molecular weight is 319 g/mol. The maximum absolute atomic E-state index is 6.05. The molecule has 0 bridgehead atoms. The summed E-state index contributed by atoms with van der Waals surface area (Å²) >= 11 is 23.7. The Kier molecular flexibility index (Phi) is 4.52. The molecule has 0 amide bonds. The number of hydrogen-bond acceptors (Lipinski definition) is 1. The van der Waals surface area contributed by atoms with Crippen LogP contribution < -0.4 is 0 Å². The highest BCUT2D eigenvalue weighted by molar-refractivity contribution is 6.41. The molecule has 0 aliphatic heterocycles. The van der Waals surface area contributed by atoms with E-state index in [1.54, 1.807) is 42.6 Å². The molecule has 2 rings (SSSR count). The number of aliphatic imine (C=N–C) groups is 1. The molecule has 5 heteroatoms. The van der Waals surface area contributed by atoms with Crippen molar-refractivity contribution in [3.05, 3.63) is 62.1 Å². The van der Waals surface area contributed by atoms with Crippen molar-refractivity contribution >= 4 is 58.3 Å². The molecule has 0 unspecified atom stereocenters. The van der Waals surface area contributed by atoms with Gasteiger partial charge in [-0.3, -0.25) is 4.99 Å². The lowest BCUT2D eigenvalue weighted by Crippen LogP contribution is -1.85. The van der Waals surface area contributed by atoms with Crippen molar-refractivity contribution < 1.29 is 0 Å². The van der Waals surface area contributed by atoms with Gasteiger partial charge in [0.15, 0.2) is 0 Å². The minimum atomic E-state index is 0.463. The second kappa shape index (κ2) is 5.94. The maximum atomic E-state index is 6.05. The predicted octanol–water partition coefficient (Wildman–Crippen LogP) is 6.05. The highest BCUT2D eigenvalue weighted by atomic mass is 35.5. The number of rotatable bonds is 2. The van der Waals surface area contributed by atoms with Crippen LogP contribution in [0.4, 0.5) is 5.69 Å². The largest absolute Gasteiger partial charge is 0.256 e. The third-order valence-corrected chi connectivity index (χ3v) is 3.31. The summed E-state index contributed by atoms with van der Waals surface area (Å²) in [6.45, 7) is 0. The first-order chi connectivity index (χ1) is 8.56. The molecule has 0 spiro atoms. The Morgan fingerprint density at radius 1 is 0.778 bits per heavy atom. The zero-order valence-corrected chi connectivity index (χ0v) is 12.0. The van der Waals surface area contributed by atoms with Crippen LogP contribution in [-0.4, -0.2) is 6.21 Å². The molecule has 0 N–H and O–H groups in total. The lowest BCUT2D eigenvalue weighted by atomic mass is 10.2. The Morgan fingerprint density at radius 3 is 1.89 bits per heavy atom. The smallest absolute Gasteiger partial charge is 0.0630 e. The van der Waals surface area contributed by atoms with Crippen molar-refractivity contribution in [3.63, 3.8) is 0 Å². The number of halogens is 4. The van der Waals surface area contributed by atoms with Gasteiger partial charge in [0, 0.05) is 21.8 Å². The maximum Gasteiger partial charge on any atom is 0.0630 e. The van der Waals surface area contributed by atoms with Crippen molar-refractivity contribution in [3.8, 4) is 0 Å². The molecule has 2 aromatic carbocycles. The van der Waals surface area contributed by atoms with Crippen LogP contribution in [0.25, 0.3) is 0 Å². The van der Waals surface area contributed by atoms with E-state index in [0.717, 1.165) is 5.69 Å². The molecule has 2 aromatic rings. The standard InChI is InChI=1S/C13H7Cl4N/c14-8-1-3-10(4-2-8)18-7-11-12(16)5-9(15)6-13(11)17/h1-7H/b18-7+. The molecule has 0 atom stereocenters. The van der Waals surface area contributed by atoms with Gasteiger partial charge in [0.2, 0.25) is 0 Å². The quantitative estimate of drug-likeness (QED) is 0.597. The fourth-order valence-electron chi connectivity index (χ4n) is 1.34. The van der Waals surface area contributed by atoms with Gasteiger partial charge in [-0.2, -0.15) is 0 Å². The van der Waals surface area contributed by atoms with Gasteiger partial charge in [-0.05, 0) is 36.4 Å². The highest BCUT2D eigenvalue weighted by Crippen LogP contribution is 2.28. The third kappa shape index (κ3) is 3.39. The van der Waals surface area contributed by atoms with Gasteiger partial charge in [0.05, 0.1) is 15.7 Å². The average Bonchev–Trinajstić information content (AvgIpc) is 2.30. The van der Waals surface area contributed by atoms with Crippen LogP contribution in [0.1, 0.15) is 5.56 Å². The van der Waals surface area contributed by atoms with E-state index in [4.69, 9.17) is 46.4 Å². The zero-order chi connectivity index (χ0) is 13.1. The fourth-order valence-corrected chi connectivity index (χ4v) is 2.38. The van der Waals surface area contributed by atoms with Crippen LogP contribution in [0.5, 0.6) is 0 Å². The molecule has 0 aromatic heterocycles. The minimum Gasteiger partial charge on any atom is -0.256 e. The Hall–Kier alpha value is -0.730. The summed E-state index contributed by atoms with van der Waals surface area (Å²) in [5.41, 5.74) is 1.40. The van der Waals surface area contributed by atoms with E-state index >= 15 is 0 Å². The highest BCUT2D eigenvalue weighted by Gasteiger charge is 2.05. The third-order valence-electron chi connectivity index (χ3n) is 2.21. The van der Waals surface area contributed by atoms with E-state index in [0.29, 0.717) is 25.7 Å². The molecule has 0 radical (unpaired) electrons. The van der Waals surface area contributed by atoms with Gasteiger partial charge in [-0.1, -0.05) is 46.4 Å². The lowest BCUT2D eigenvalue weighted by Gasteiger charge is -2.02. The normalized spacial score (nSPS) is 11.1. The van der Waals surface area contributed by atoms with E-state index in [2.05, 4.69) is 4.99 Å². The first-order valence-electron chi connectivity index (χ1n) is 5.00. The Labute approximate surface area is 125 Å². The van der Waals surface area contributed by atoms with Crippen molar-refractivity contribution in [2.45, 2.75) is 0 Å². The second-order valence-corrected chi connectivity index (χ2v) is 5.20. The number of nitrogens with zero attached hydrogens (tertiary/aromatic N) is 1. The van der Waals surface area contributed by atoms with Crippen molar-refractivity contribution in [1.29, 1.82) is 0 Å². The van der Waals surface area contributed by atoms with Gasteiger partial charge >= 0.3 is 0 Å². The first-order valence-corrected chi connectivity index (χ1v) is 6.51. The summed E-state index contributed by atoms with van der Waals surface area (Å²) in [5, 5.41) is 2.08. The van der Waals surface area contributed by atoms with Crippen molar-refractivity contribution in [2.24, 2.45) is 4.99 Å². The lowest BCUT2D eigenvalue weighted by molar-refractivity contribution is 1.52. The summed E-state index contributed by atoms with van der Waals surface area (Å²) < 4.78 is 0. The van der Waals surface area contributed by atoms with Crippen molar-refractivity contribution in [2.75, 3.05) is 0 Å².